The summed E-state index contributed by atoms with van der Waals surface area (Å²) in [5, 5.41) is 4.82. The van der Waals surface area contributed by atoms with Gasteiger partial charge in [-0.3, -0.25) is 4.79 Å². The van der Waals surface area contributed by atoms with E-state index in [0.29, 0.717) is 0 Å². The van der Waals surface area contributed by atoms with E-state index in [1.54, 1.807) is 0 Å². The highest BCUT2D eigenvalue weighted by Crippen LogP contribution is 2.16. The van der Waals surface area contributed by atoms with Crippen molar-refractivity contribution in [1.29, 1.82) is 0 Å². The van der Waals surface area contributed by atoms with Crippen molar-refractivity contribution in [3.8, 4) is 0 Å². The highest BCUT2D eigenvalue weighted by atomic mass is 32.2. The van der Waals surface area contributed by atoms with Gasteiger partial charge < -0.3 is 0 Å². The van der Waals surface area contributed by atoms with Gasteiger partial charge in [-0.2, -0.15) is 0 Å². The summed E-state index contributed by atoms with van der Waals surface area (Å²) in [6.07, 6.45) is 0. The van der Waals surface area contributed by atoms with Gasteiger partial charge in [0.15, 0.2) is 5.78 Å². The molecule has 0 fully saturated rings. The molecule has 6 heteroatoms. The van der Waals surface area contributed by atoms with E-state index in [-0.39, 0.29) is 5.56 Å². The van der Waals surface area contributed by atoms with Gasteiger partial charge in [0, 0.05) is 5.56 Å². The van der Waals surface area contributed by atoms with Gasteiger partial charge in [0.1, 0.15) is 5.82 Å². The molecule has 1 aromatic rings. The summed E-state index contributed by atoms with van der Waals surface area (Å²) in [5.41, 5.74) is -0.103. The van der Waals surface area contributed by atoms with Crippen LogP contribution in [0, 0.1) is 5.82 Å². The van der Waals surface area contributed by atoms with Crippen LogP contribution in [0.4, 0.5) is 4.39 Å². The molecule has 1 rings (SSSR count). The van der Waals surface area contributed by atoms with Crippen LogP contribution in [-0.4, -0.2) is 14.2 Å². The number of benzene rings is 1. The average Bonchev–Trinajstić information content (AvgIpc) is 2.01. The van der Waals surface area contributed by atoms with Crippen LogP contribution in [0.5, 0.6) is 0 Å². The van der Waals surface area contributed by atoms with Crippen LogP contribution in [0.25, 0.3) is 0 Å². The highest BCUT2D eigenvalue weighted by molar-refractivity contribution is 7.89. The molecule has 0 aliphatic heterocycles. The molecule has 0 saturated heterocycles. The monoisotopic (exact) mass is 217 g/mol. The Balaban J connectivity index is 3.54. The molecule has 14 heavy (non-hydrogen) atoms. The fraction of sp³-hybridized carbons (Fsp3) is 0.125. The van der Waals surface area contributed by atoms with Crippen molar-refractivity contribution < 1.29 is 17.6 Å². The maximum Gasteiger partial charge on any atom is 0.238 e. The molecule has 76 valence electrons. The first-order chi connectivity index (χ1) is 6.32. The Morgan fingerprint density at radius 2 is 2.00 bits per heavy atom. The zero-order valence-corrected chi connectivity index (χ0v) is 8.14. The van der Waals surface area contributed by atoms with E-state index < -0.39 is 26.5 Å². The predicted molar refractivity (Wildman–Crippen MR) is 47.8 cm³/mol. The third-order valence-corrected chi connectivity index (χ3v) is 2.58. The zero-order chi connectivity index (χ0) is 10.9. The van der Waals surface area contributed by atoms with Crippen LogP contribution >= 0.6 is 0 Å². The Morgan fingerprint density at radius 3 is 2.43 bits per heavy atom. The third-order valence-electron chi connectivity index (χ3n) is 1.63. The normalized spacial score (nSPS) is 11.4. The van der Waals surface area contributed by atoms with Crippen LogP contribution in [0.2, 0.25) is 0 Å². The SMILES string of the molecule is CC(=O)c1ccc(F)cc1S(N)(=O)=O. The van der Waals surface area contributed by atoms with Crippen molar-refractivity contribution >= 4 is 15.8 Å². The van der Waals surface area contributed by atoms with E-state index in [1.807, 2.05) is 0 Å². The number of hydrogen-bond acceptors (Lipinski definition) is 3. The van der Waals surface area contributed by atoms with Crippen molar-refractivity contribution in [2.45, 2.75) is 11.8 Å². The molecule has 0 heterocycles. The average molecular weight is 217 g/mol. The molecule has 0 saturated carbocycles. The fourth-order valence-corrected chi connectivity index (χ4v) is 1.82. The first-order valence-electron chi connectivity index (χ1n) is 3.65. The minimum Gasteiger partial charge on any atom is -0.294 e. The summed E-state index contributed by atoms with van der Waals surface area (Å²) >= 11 is 0. The van der Waals surface area contributed by atoms with E-state index >= 15 is 0 Å². The maximum atomic E-state index is 12.7. The first kappa shape index (κ1) is 10.8. The number of halogens is 1. The van der Waals surface area contributed by atoms with E-state index in [1.165, 1.54) is 6.92 Å². The van der Waals surface area contributed by atoms with Gasteiger partial charge in [0.25, 0.3) is 0 Å². The molecule has 0 radical (unpaired) electrons. The zero-order valence-electron chi connectivity index (χ0n) is 7.32. The second-order valence-corrected chi connectivity index (χ2v) is 4.27. The van der Waals surface area contributed by atoms with Crippen molar-refractivity contribution in [2.75, 3.05) is 0 Å². The second kappa shape index (κ2) is 3.47. The van der Waals surface area contributed by atoms with E-state index in [9.17, 15) is 17.6 Å². The fourth-order valence-electron chi connectivity index (χ4n) is 1.02. The predicted octanol–water partition coefficient (Wildman–Crippen LogP) is 0.676. The summed E-state index contributed by atoms with van der Waals surface area (Å²) in [6, 6.07) is 2.83. The Labute approximate surface area is 80.6 Å². The third kappa shape index (κ3) is 2.15. The first-order valence-corrected chi connectivity index (χ1v) is 5.20. The molecule has 0 bridgehead atoms. The smallest absolute Gasteiger partial charge is 0.238 e. The molecule has 2 N–H and O–H groups in total. The topological polar surface area (TPSA) is 77.2 Å². The Kier molecular flexibility index (Phi) is 2.68. The largest absolute Gasteiger partial charge is 0.294 e. The molecule has 4 nitrogen and oxygen atoms in total. The molecule has 0 spiro atoms. The Hall–Kier alpha value is -1.27. The number of nitrogens with two attached hydrogens (primary N) is 1. The van der Waals surface area contributed by atoms with E-state index in [0.717, 1.165) is 18.2 Å². The summed E-state index contributed by atoms with van der Waals surface area (Å²) in [5.74, 6) is -1.23. The van der Waals surface area contributed by atoms with E-state index in [4.69, 9.17) is 5.14 Å². The number of ketones is 1. The van der Waals surface area contributed by atoms with Gasteiger partial charge in [-0.25, -0.2) is 17.9 Å². The number of primary sulfonamides is 1. The minimum absolute atomic E-state index is 0.103. The lowest BCUT2D eigenvalue weighted by Crippen LogP contribution is -2.16. The van der Waals surface area contributed by atoms with Gasteiger partial charge in [0.05, 0.1) is 4.90 Å². The van der Waals surface area contributed by atoms with Gasteiger partial charge in [-0.1, -0.05) is 0 Å². The Morgan fingerprint density at radius 1 is 1.43 bits per heavy atom. The van der Waals surface area contributed by atoms with Gasteiger partial charge >= 0.3 is 0 Å². The molecule has 0 aliphatic rings. The van der Waals surface area contributed by atoms with Crippen LogP contribution in [0.15, 0.2) is 23.1 Å². The number of rotatable bonds is 2. The van der Waals surface area contributed by atoms with Crippen LogP contribution in [-0.2, 0) is 10.0 Å². The second-order valence-electron chi connectivity index (χ2n) is 2.74. The summed E-state index contributed by atoms with van der Waals surface area (Å²) in [6.45, 7) is 1.18. The van der Waals surface area contributed by atoms with Gasteiger partial charge in [-0.15, -0.1) is 0 Å². The van der Waals surface area contributed by atoms with Crippen molar-refractivity contribution in [3.05, 3.63) is 29.6 Å². The van der Waals surface area contributed by atoms with Gasteiger partial charge in [0.2, 0.25) is 10.0 Å². The molecule has 1 aromatic carbocycles. The summed E-state index contributed by atoms with van der Waals surface area (Å²) in [7, 11) is -4.06. The highest BCUT2D eigenvalue weighted by Gasteiger charge is 2.17. The lowest BCUT2D eigenvalue weighted by atomic mass is 10.1. The Bertz CT molecular complexity index is 481. The number of sulfonamides is 1. The molecule has 0 atom stereocenters. The lowest BCUT2D eigenvalue weighted by Gasteiger charge is -2.03. The quantitative estimate of drug-likeness (QED) is 0.740. The molecule has 0 unspecified atom stereocenters. The number of carbonyl (C=O) groups is 1. The van der Waals surface area contributed by atoms with Crippen LogP contribution in [0.1, 0.15) is 17.3 Å². The van der Waals surface area contributed by atoms with E-state index in [2.05, 4.69) is 0 Å². The summed E-state index contributed by atoms with van der Waals surface area (Å²) in [4.78, 5) is 10.5. The molecule has 0 aromatic heterocycles. The number of hydrogen-bond donors (Lipinski definition) is 1. The summed E-state index contributed by atoms with van der Waals surface area (Å²) < 4.78 is 34.6. The standard InChI is InChI=1S/C8H8FNO3S/c1-5(11)7-3-2-6(9)4-8(7)14(10,12)13/h2-4H,1H3,(H2,10,12,13). The van der Waals surface area contributed by atoms with Crippen LogP contribution < -0.4 is 5.14 Å². The van der Waals surface area contributed by atoms with Crippen molar-refractivity contribution in [2.24, 2.45) is 5.14 Å². The van der Waals surface area contributed by atoms with Crippen molar-refractivity contribution in [1.82, 2.24) is 0 Å². The molecular weight excluding hydrogens is 209 g/mol. The lowest BCUT2D eigenvalue weighted by molar-refractivity contribution is 0.101. The minimum atomic E-state index is -4.06. The van der Waals surface area contributed by atoms with Crippen molar-refractivity contribution in [3.63, 3.8) is 0 Å². The van der Waals surface area contributed by atoms with Gasteiger partial charge in [-0.05, 0) is 25.1 Å². The van der Waals surface area contributed by atoms with Crippen LogP contribution in [0.3, 0.4) is 0 Å². The molecule has 0 aliphatic carbocycles. The number of carbonyl (C=O) groups excluding carboxylic acids is 1. The maximum absolute atomic E-state index is 12.7. The molecular formula is C8H8FNO3S. The molecule has 0 amide bonds. The number of Topliss-reactive ketones (excluding diaryl/α,β-unsaturated/α-hetero) is 1.